The number of hydrogen-bond acceptors (Lipinski definition) is 3. The van der Waals surface area contributed by atoms with Crippen molar-refractivity contribution in [2.45, 2.75) is 32.0 Å². The molecule has 3 rings (SSSR count). The summed E-state index contributed by atoms with van der Waals surface area (Å²) in [5.41, 5.74) is 2.16. The number of likely N-dealkylation sites (tertiary alicyclic amines) is 1. The smallest absolute Gasteiger partial charge is 0.320 e. The number of rotatable bonds is 6. The van der Waals surface area contributed by atoms with E-state index >= 15 is 0 Å². The Morgan fingerprint density at radius 3 is 2.65 bits per heavy atom. The number of carbonyl (C=O) groups is 1. The van der Waals surface area contributed by atoms with Crippen LogP contribution >= 0.6 is 0 Å². The van der Waals surface area contributed by atoms with E-state index in [9.17, 15) is 9.90 Å². The number of carboxylic acids is 1. The minimum Gasteiger partial charge on any atom is -0.489 e. The zero-order chi connectivity index (χ0) is 16.1. The van der Waals surface area contributed by atoms with Crippen LogP contribution in [0.1, 0.15) is 24.0 Å². The zero-order valence-electron chi connectivity index (χ0n) is 13.0. The summed E-state index contributed by atoms with van der Waals surface area (Å²) in [7, 11) is 0. The molecular weight excluding hydrogens is 290 g/mol. The van der Waals surface area contributed by atoms with Gasteiger partial charge in [0.1, 0.15) is 18.4 Å². The van der Waals surface area contributed by atoms with Crippen molar-refractivity contribution in [3.05, 3.63) is 65.7 Å². The monoisotopic (exact) mass is 311 g/mol. The highest BCUT2D eigenvalue weighted by Crippen LogP contribution is 2.25. The highest BCUT2D eigenvalue weighted by Gasteiger charge is 2.30. The average molecular weight is 311 g/mol. The maximum atomic E-state index is 11.3. The van der Waals surface area contributed by atoms with Gasteiger partial charge in [0, 0.05) is 12.1 Å². The summed E-state index contributed by atoms with van der Waals surface area (Å²) in [4.78, 5) is 13.3. The third-order valence-electron chi connectivity index (χ3n) is 4.23. The Labute approximate surface area is 136 Å². The van der Waals surface area contributed by atoms with Gasteiger partial charge in [0.25, 0.3) is 0 Å². The summed E-state index contributed by atoms with van der Waals surface area (Å²) in [5, 5.41) is 9.31. The molecule has 2 aromatic carbocycles. The molecule has 1 unspecified atom stereocenters. The van der Waals surface area contributed by atoms with Crippen molar-refractivity contribution < 1.29 is 14.6 Å². The van der Waals surface area contributed by atoms with Crippen molar-refractivity contribution in [3.63, 3.8) is 0 Å². The summed E-state index contributed by atoms with van der Waals surface area (Å²) in [6.45, 7) is 1.95. The van der Waals surface area contributed by atoms with Crippen LogP contribution in [0.4, 0.5) is 0 Å². The highest BCUT2D eigenvalue weighted by atomic mass is 16.5. The van der Waals surface area contributed by atoms with Gasteiger partial charge in [-0.3, -0.25) is 9.69 Å². The van der Waals surface area contributed by atoms with Gasteiger partial charge < -0.3 is 9.84 Å². The second kappa shape index (κ2) is 7.29. The van der Waals surface area contributed by atoms with Gasteiger partial charge in [-0.05, 0) is 31.0 Å². The molecule has 0 spiro atoms. The molecule has 0 aliphatic carbocycles. The molecule has 1 saturated heterocycles. The van der Waals surface area contributed by atoms with Gasteiger partial charge >= 0.3 is 5.97 Å². The van der Waals surface area contributed by atoms with E-state index in [1.807, 2.05) is 59.5 Å². The normalized spacial score (nSPS) is 18.0. The van der Waals surface area contributed by atoms with Crippen molar-refractivity contribution in [2.24, 2.45) is 0 Å². The minimum absolute atomic E-state index is 0.378. The van der Waals surface area contributed by atoms with E-state index < -0.39 is 5.97 Å². The van der Waals surface area contributed by atoms with E-state index in [4.69, 9.17) is 4.74 Å². The van der Waals surface area contributed by atoms with E-state index in [2.05, 4.69) is 0 Å². The van der Waals surface area contributed by atoms with E-state index in [1.54, 1.807) is 0 Å². The molecule has 4 heteroatoms. The summed E-state index contributed by atoms with van der Waals surface area (Å²) in [5.74, 6) is 0.0950. The molecule has 1 aliphatic heterocycles. The van der Waals surface area contributed by atoms with Crippen LogP contribution in [-0.2, 0) is 17.9 Å². The molecule has 23 heavy (non-hydrogen) atoms. The molecular formula is C19H21NO3. The van der Waals surface area contributed by atoms with Gasteiger partial charge in [-0.1, -0.05) is 48.5 Å². The predicted octanol–water partition coefficient (Wildman–Crippen LogP) is 3.31. The van der Waals surface area contributed by atoms with Gasteiger partial charge in [-0.25, -0.2) is 0 Å². The lowest BCUT2D eigenvalue weighted by molar-refractivity contribution is -0.142. The molecule has 1 aliphatic rings. The largest absolute Gasteiger partial charge is 0.489 e. The van der Waals surface area contributed by atoms with Crippen molar-refractivity contribution in [1.82, 2.24) is 4.90 Å². The molecule has 120 valence electrons. The van der Waals surface area contributed by atoms with E-state index in [0.29, 0.717) is 13.2 Å². The number of carboxylic acid groups (broad SMARTS) is 1. The van der Waals surface area contributed by atoms with Crippen LogP contribution < -0.4 is 4.74 Å². The zero-order valence-corrected chi connectivity index (χ0v) is 13.0. The number of hydrogen-bond donors (Lipinski definition) is 1. The Morgan fingerprint density at radius 2 is 1.87 bits per heavy atom. The summed E-state index contributed by atoms with van der Waals surface area (Å²) in [6.07, 6.45) is 1.66. The fourth-order valence-electron chi connectivity index (χ4n) is 3.02. The molecule has 0 bridgehead atoms. The maximum absolute atomic E-state index is 11.3. The lowest BCUT2D eigenvalue weighted by Gasteiger charge is -2.22. The summed E-state index contributed by atoms with van der Waals surface area (Å²) in [6, 6.07) is 17.5. The van der Waals surface area contributed by atoms with E-state index in [0.717, 1.165) is 36.3 Å². The first-order valence-corrected chi connectivity index (χ1v) is 7.95. The molecule has 1 atom stereocenters. The van der Waals surface area contributed by atoms with E-state index in [1.165, 1.54) is 0 Å². The molecule has 2 aromatic rings. The van der Waals surface area contributed by atoms with Gasteiger partial charge in [0.15, 0.2) is 0 Å². The maximum Gasteiger partial charge on any atom is 0.320 e. The molecule has 1 N–H and O–H groups in total. The summed E-state index contributed by atoms with van der Waals surface area (Å²) < 4.78 is 5.96. The van der Waals surface area contributed by atoms with Crippen LogP contribution in [0.3, 0.4) is 0 Å². The van der Waals surface area contributed by atoms with Crippen molar-refractivity contribution in [1.29, 1.82) is 0 Å². The molecule has 1 heterocycles. The molecule has 0 amide bonds. The number of aliphatic carboxylic acids is 1. The standard InChI is InChI=1S/C19H21NO3/c21-19(22)17-10-6-12-20(17)13-16-9-4-5-11-18(16)23-14-15-7-2-1-3-8-15/h1-5,7-9,11,17H,6,10,12-14H2,(H,21,22). The van der Waals surface area contributed by atoms with Crippen LogP contribution in [0, 0.1) is 0 Å². The number of nitrogens with zero attached hydrogens (tertiary/aromatic N) is 1. The average Bonchev–Trinajstić information content (AvgIpc) is 3.03. The topological polar surface area (TPSA) is 49.8 Å². The van der Waals surface area contributed by atoms with Gasteiger partial charge in [-0.15, -0.1) is 0 Å². The third kappa shape index (κ3) is 3.90. The second-order valence-corrected chi connectivity index (χ2v) is 5.85. The lowest BCUT2D eigenvalue weighted by Crippen LogP contribution is -2.35. The first kappa shape index (κ1) is 15.6. The first-order valence-electron chi connectivity index (χ1n) is 7.95. The van der Waals surface area contributed by atoms with Crippen LogP contribution in [0.5, 0.6) is 5.75 Å². The Morgan fingerprint density at radius 1 is 1.13 bits per heavy atom. The van der Waals surface area contributed by atoms with Crippen molar-refractivity contribution in [3.8, 4) is 5.75 Å². The Hall–Kier alpha value is -2.33. The number of para-hydroxylation sites is 1. The number of benzene rings is 2. The van der Waals surface area contributed by atoms with Crippen molar-refractivity contribution in [2.75, 3.05) is 6.54 Å². The lowest BCUT2D eigenvalue weighted by atomic mass is 10.1. The Bertz CT molecular complexity index is 657. The minimum atomic E-state index is -0.731. The van der Waals surface area contributed by atoms with Gasteiger partial charge in [-0.2, -0.15) is 0 Å². The third-order valence-corrected chi connectivity index (χ3v) is 4.23. The molecule has 0 aromatic heterocycles. The SMILES string of the molecule is O=C(O)C1CCCN1Cc1ccccc1OCc1ccccc1. The highest BCUT2D eigenvalue weighted by molar-refractivity contribution is 5.73. The van der Waals surface area contributed by atoms with Crippen LogP contribution in [0.25, 0.3) is 0 Å². The Balaban J connectivity index is 1.69. The first-order chi connectivity index (χ1) is 11.2. The second-order valence-electron chi connectivity index (χ2n) is 5.85. The number of ether oxygens (including phenoxy) is 1. The Kier molecular flexibility index (Phi) is 4.93. The summed E-state index contributed by atoms with van der Waals surface area (Å²) >= 11 is 0. The van der Waals surface area contributed by atoms with Gasteiger partial charge in [0.2, 0.25) is 0 Å². The molecule has 0 radical (unpaired) electrons. The van der Waals surface area contributed by atoms with Crippen molar-refractivity contribution >= 4 is 5.97 Å². The van der Waals surface area contributed by atoms with E-state index in [-0.39, 0.29) is 6.04 Å². The quantitative estimate of drug-likeness (QED) is 0.889. The molecule has 0 saturated carbocycles. The van der Waals surface area contributed by atoms with Crippen LogP contribution in [0.2, 0.25) is 0 Å². The molecule has 1 fully saturated rings. The van der Waals surface area contributed by atoms with Crippen LogP contribution in [0.15, 0.2) is 54.6 Å². The predicted molar refractivity (Wildman–Crippen MR) is 88.3 cm³/mol. The fourth-order valence-corrected chi connectivity index (χ4v) is 3.02. The fraction of sp³-hybridized carbons (Fsp3) is 0.316. The van der Waals surface area contributed by atoms with Gasteiger partial charge in [0.05, 0.1) is 0 Å². The molecule has 4 nitrogen and oxygen atoms in total. The van der Waals surface area contributed by atoms with Crippen LogP contribution in [-0.4, -0.2) is 28.6 Å².